The van der Waals surface area contributed by atoms with Crippen molar-refractivity contribution in [3.63, 3.8) is 0 Å². The normalized spacial score (nSPS) is 18.5. The highest BCUT2D eigenvalue weighted by atomic mass is 16.5. The number of nitrogens with one attached hydrogen (secondary N) is 2. The van der Waals surface area contributed by atoms with Crippen LogP contribution in [-0.4, -0.2) is 67.7 Å². The predicted molar refractivity (Wildman–Crippen MR) is 133 cm³/mol. The largest absolute Gasteiger partial charge is 0.492 e. The van der Waals surface area contributed by atoms with Gasteiger partial charge in [-0.1, -0.05) is 13.8 Å². The number of piperidine rings is 1. The summed E-state index contributed by atoms with van der Waals surface area (Å²) in [5, 5.41) is 26.2. The zero-order valence-electron chi connectivity index (χ0n) is 20.2. The lowest BCUT2D eigenvalue weighted by Crippen LogP contribution is -2.54. The Balaban J connectivity index is 1.36. The minimum absolute atomic E-state index is 0.00724. The summed E-state index contributed by atoms with van der Waals surface area (Å²) in [5.74, 6) is 1.80. The molecule has 0 radical (unpaired) electrons. The molecular weight excluding hydrogens is 446 g/mol. The van der Waals surface area contributed by atoms with Gasteiger partial charge >= 0.3 is 0 Å². The lowest BCUT2D eigenvalue weighted by molar-refractivity contribution is -0.123. The SMILES string of the molecule is CCOc1cc(-c2ccc(N3CC[C@H](NC(=O)CC(C)C)[C@@H](O)C3)nc2)c2c3cn[nH]c3nn2c1. The van der Waals surface area contributed by atoms with Crippen molar-refractivity contribution < 1.29 is 14.6 Å². The zero-order valence-corrected chi connectivity index (χ0v) is 20.2. The molecule has 2 atom stereocenters. The fourth-order valence-electron chi connectivity index (χ4n) is 4.68. The Morgan fingerprint density at radius 2 is 2.20 bits per heavy atom. The summed E-state index contributed by atoms with van der Waals surface area (Å²) < 4.78 is 7.58. The molecule has 0 unspecified atom stereocenters. The van der Waals surface area contributed by atoms with E-state index in [9.17, 15) is 9.90 Å². The van der Waals surface area contributed by atoms with Gasteiger partial charge in [-0.25, -0.2) is 9.50 Å². The Labute approximate surface area is 203 Å². The number of nitrogens with zero attached hydrogens (tertiary/aromatic N) is 5. The molecule has 10 heteroatoms. The zero-order chi connectivity index (χ0) is 24.5. The van der Waals surface area contributed by atoms with E-state index in [4.69, 9.17) is 9.72 Å². The molecule has 5 rings (SSSR count). The van der Waals surface area contributed by atoms with Crippen LogP contribution < -0.4 is 15.0 Å². The molecule has 3 N–H and O–H groups in total. The van der Waals surface area contributed by atoms with Crippen molar-refractivity contribution >= 4 is 28.3 Å². The number of aliphatic hydroxyl groups excluding tert-OH is 1. The highest BCUT2D eigenvalue weighted by Gasteiger charge is 2.29. The highest BCUT2D eigenvalue weighted by molar-refractivity contribution is 6.00. The van der Waals surface area contributed by atoms with Crippen LogP contribution in [0, 0.1) is 5.92 Å². The maximum absolute atomic E-state index is 12.1. The van der Waals surface area contributed by atoms with E-state index in [0.29, 0.717) is 38.2 Å². The van der Waals surface area contributed by atoms with Crippen molar-refractivity contribution in [3.8, 4) is 16.9 Å². The summed E-state index contributed by atoms with van der Waals surface area (Å²) in [7, 11) is 0. The van der Waals surface area contributed by atoms with Gasteiger partial charge in [0.05, 0.1) is 42.0 Å². The second kappa shape index (κ2) is 9.53. The number of fused-ring (bicyclic) bond motifs is 3. The summed E-state index contributed by atoms with van der Waals surface area (Å²) in [5.41, 5.74) is 3.52. The van der Waals surface area contributed by atoms with Gasteiger partial charge in [-0.15, -0.1) is 5.10 Å². The number of pyridine rings is 2. The maximum atomic E-state index is 12.1. The molecule has 184 valence electrons. The van der Waals surface area contributed by atoms with Crippen molar-refractivity contribution in [2.24, 2.45) is 5.92 Å². The van der Waals surface area contributed by atoms with Gasteiger partial charge in [-0.3, -0.25) is 9.89 Å². The molecule has 10 nitrogen and oxygen atoms in total. The summed E-state index contributed by atoms with van der Waals surface area (Å²) in [6.07, 6.45) is 5.96. The van der Waals surface area contributed by atoms with E-state index < -0.39 is 6.10 Å². The maximum Gasteiger partial charge on any atom is 0.220 e. The average Bonchev–Trinajstić information content (AvgIpc) is 3.41. The molecule has 1 aliphatic heterocycles. The third kappa shape index (κ3) is 4.66. The first-order valence-electron chi connectivity index (χ1n) is 12.1. The van der Waals surface area contributed by atoms with Crippen LogP contribution >= 0.6 is 0 Å². The van der Waals surface area contributed by atoms with Gasteiger partial charge in [0.2, 0.25) is 5.91 Å². The van der Waals surface area contributed by atoms with Crippen LogP contribution in [-0.2, 0) is 4.79 Å². The number of aromatic nitrogens is 5. The Hall–Kier alpha value is -3.66. The van der Waals surface area contributed by atoms with E-state index in [-0.39, 0.29) is 17.9 Å². The minimum atomic E-state index is -0.648. The number of carbonyl (C=O) groups is 1. The van der Waals surface area contributed by atoms with Crippen LogP contribution in [0.1, 0.15) is 33.6 Å². The standard InChI is InChI=1S/C25H31N7O3/c1-4-35-17-10-18(24-19-12-27-29-25(19)30-32(24)13-17)16-5-6-22(26-11-16)31-8-7-20(21(33)14-31)28-23(34)9-15(2)3/h5-6,10-13,15,20-21,33H,4,7-9,14H2,1-3H3,(H,28,34)(H,29,30)/t20-,21-/m0/s1. The second-order valence-corrected chi connectivity index (χ2v) is 9.43. The first kappa shape index (κ1) is 23.1. The molecule has 0 aliphatic carbocycles. The van der Waals surface area contributed by atoms with Crippen molar-refractivity contribution in [3.05, 3.63) is 36.8 Å². The Morgan fingerprint density at radius 1 is 1.34 bits per heavy atom. The number of aromatic amines is 1. The van der Waals surface area contributed by atoms with Gasteiger partial charge in [-0.05, 0) is 37.5 Å². The van der Waals surface area contributed by atoms with Gasteiger partial charge in [0.1, 0.15) is 11.6 Å². The minimum Gasteiger partial charge on any atom is -0.492 e. The number of amides is 1. The number of hydrogen-bond donors (Lipinski definition) is 3. The van der Waals surface area contributed by atoms with Crippen LogP contribution in [0.2, 0.25) is 0 Å². The Morgan fingerprint density at radius 3 is 2.91 bits per heavy atom. The number of H-pyrrole nitrogens is 1. The van der Waals surface area contributed by atoms with E-state index in [1.54, 1.807) is 6.20 Å². The first-order valence-corrected chi connectivity index (χ1v) is 12.1. The van der Waals surface area contributed by atoms with Crippen molar-refractivity contribution in [2.45, 2.75) is 45.8 Å². The topological polar surface area (TPSA) is 121 Å². The predicted octanol–water partition coefficient (Wildman–Crippen LogP) is 2.77. The molecule has 1 fully saturated rings. The number of rotatable bonds is 7. The average molecular weight is 478 g/mol. The summed E-state index contributed by atoms with van der Waals surface area (Å²) in [6.45, 7) is 7.65. The second-order valence-electron chi connectivity index (χ2n) is 9.43. The fourth-order valence-corrected chi connectivity index (χ4v) is 4.68. The molecule has 0 aromatic carbocycles. The number of hydrogen-bond acceptors (Lipinski definition) is 7. The molecule has 35 heavy (non-hydrogen) atoms. The fraction of sp³-hybridized carbons (Fsp3) is 0.440. The molecule has 4 aromatic rings. The quantitative estimate of drug-likeness (QED) is 0.374. The molecule has 1 aliphatic rings. The van der Waals surface area contributed by atoms with Crippen LogP contribution in [0.3, 0.4) is 0 Å². The molecule has 1 saturated heterocycles. The molecule has 4 aromatic heterocycles. The summed E-state index contributed by atoms with van der Waals surface area (Å²) in [6, 6.07) is 5.76. The third-order valence-electron chi connectivity index (χ3n) is 6.32. The number of β-amino-alcohol motifs (C(OH)–C–C–N with tert-alkyl or cyclic N) is 1. The van der Waals surface area contributed by atoms with Crippen LogP contribution in [0.4, 0.5) is 5.82 Å². The molecule has 5 heterocycles. The van der Waals surface area contributed by atoms with E-state index in [1.807, 2.05) is 55.9 Å². The summed E-state index contributed by atoms with van der Waals surface area (Å²) in [4.78, 5) is 18.9. The smallest absolute Gasteiger partial charge is 0.220 e. The van der Waals surface area contributed by atoms with E-state index in [1.165, 1.54) is 0 Å². The van der Waals surface area contributed by atoms with Crippen molar-refractivity contribution in [2.75, 3.05) is 24.6 Å². The molecular formula is C25H31N7O3. The van der Waals surface area contributed by atoms with E-state index in [0.717, 1.165) is 33.6 Å². The van der Waals surface area contributed by atoms with Gasteiger partial charge in [0, 0.05) is 36.8 Å². The number of anilines is 1. The lowest BCUT2D eigenvalue weighted by atomic mass is 10.0. The first-order chi connectivity index (χ1) is 16.9. The van der Waals surface area contributed by atoms with Crippen LogP contribution in [0.15, 0.2) is 36.8 Å². The molecule has 0 spiro atoms. The number of ether oxygens (including phenoxy) is 1. The van der Waals surface area contributed by atoms with E-state index in [2.05, 4.69) is 25.5 Å². The Bertz CT molecular complexity index is 1330. The van der Waals surface area contributed by atoms with Gasteiger partial charge in [-0.2, -0.15) is 5.10 Å². The lowest BCUT2D eigenvalue weighted by Gasteiger charge is -2.37. The Kier molecular flexibility index (Phi) is 6.29. The monoisotopic (exact) mass is 477 g/mol. The van der Waals surface area contributed by atoms with Gasteiger partial charge < -0.3 is 20.1 Å². The van der Waals surface area contributed by atoms with E-state index >= 15 is 0 Å². The molecule has 0 bridgehead atoms. The molecule has 1 amide bonds. The van der Waals surface area contributed by atoms with Crippen molar-refractivity contribution in [1.29, 1.82) is 0 Å². The van der Waals surface area contributed by atoms with Gasteiger partial charge in [0.25, 0.3) is 0 Å². The number of carbonyl (C=O) groups excluding carboxylic acids is 1. The number of aliphatic hydroxyl groups is 1. The van der Waals surface area contributed by atoms with Gasteiger partial charge in [0.15, 0.2) is 5.65 Å². The molecule has 0 saturated carbocycles. The summed E-state index contributed by atoms with van der Waals surface area (Å²) >= 11 is 0. The van der Waals surface area contributed by atoms with Crippen LogP contribution in [0.5, 0.6) is 5.75 Å². The third-order valence-corrected chi connectivity index (χ3v) is 6.32. The van der Waals surface area contributed by atoms with Crippen LogP contribution in [0.25, 0.3) is 27.7 Å². The highest BCUT2D eigenvalue weighted by Crippen LogP contribution is 2.33. The van der Waals surface area contributed by atoms with Crippen molar-refractivity contribution in [1.82, 2.24) is 30.1 Å².